The molecule has 6 heteroatoms. The highest BCUT2D eigenvalue weighted by molar-refractivity contribution is 6.20. The number of halogens is 1. The molecular weight excluding hydrogens is 409 g/mol. The van der Waals surface area contributed by atoms with Crippen molar-refractivity contribution in [3.05, 3.63) is 101 Å². The molecular formula is C26H20FNO4. The Kier molecular flexibility index (Phi) is 5.69. The number of carbonyl (C=O) groups excluding carboxylic acids is 3. The summed E-state index contributed by atoms with van der Waals surface area (Å²) < 4.78 is 20.5. The Bertz CT molecular complexity index is 1340. The summed E-state index contributed by atoms with van der Waals surface area (Å²) in [6, 6.07) is 17.4. The number of pyridine rings is 1. The van der Waals surface area contributed by atoms with Crippen molar-refractivity contribution >= 4 is 23.1 Å². The van der Waals surface area contributed by atoms with Gasteiger partial charge in [-0.1, -0.05) is 42.5 Å². The number of ketones is 2. The maximum atomic E-state index is 13.7. The van der Waals surface area contributed by atoms with E-state index in [0.29, 0.717) is 27.8 Å². The fraction of sp³-hybridized carbons (Fsp3) is 0.115. The SMILES string of the molecule is CCOC(=O)c1c(-c2ccc(F)cc2)c(C(=O)c2ccccc2)c2cc(C(C)=O)ccn12. The van der Waals surface area contributed by atoms with Gasteiger partial charge < -0.3 is 9.14 Å². The maximum absolute atomic E-state index is 13.7. The summed E-state index contributed by atoms with van der Waals surface area (Å²) in [5, 5.41) is 0. The molecule has 0 atom stereocenters. The molecule has 4 rings (SSSR count). The molecule has 2 heterocycles. The van der Waals surface area contributed by atoms with Gasteiger partial charge in [-0.05, 0) is 43.7 Å². The summed E-state index contributed by atoms with van der Waals surface area (Å²) in [6.07, 6.45) is 1.58. The summed E-state index contributed by atoms with van der Waals surface area (Å²) >= 11 is 0. The molecule has 0 radical (unpaired) electrons. The van der Waals surface area contributed by atoms with Crippen molar-refractivity contribution in [1.29, 1.82) is 0 Å². The van der Waals surface area contributed by atoms with Crippen LogP contribution in [0.25, 0.3) is 16.6 Å². The topological polar surface area (TPSA) is 64.9 Å². The van der Waals surface area contributed by atoms with Crippen LogP contribution >= 0.6 is 0 Å². The highest BCUT2D eigenvalue weighted by Crippen LogP contribution is 2.36. The first kappa shape index (κ1) is 21.2. The van der Waals surface area contributed by atoms with Gasteiger partial charge in [-0.3, -0.25) is 9.59 Å². The normalized spacial score (nSPS) is 10.8. The fourth-order valence-corrected chi connectivity index (χ4v) is 3.73. The quantitative estimate of drug-likeness (QED) is 0.306. The van der Waals surface area contributed by atoms with Gasteiger partial charge in [-0.25, -0.2) is 9.18 Å². The number of carbonyl (C=O) groups is 3. The van der Waals surface area contributed by atoms with Crippen molar-refractivity contribution in [3.63, 3.8) is 0 Å². The highest BCUT2D eigenvalue weighted by atomic mass is 19.1. The molecule has 0 aliphatic heterocycles. The Morgan fingerprint density at radius 2 is 1.62 bits per heavy atom. The largest absolute Gasteiger partial charge is 0.461 e. The van der Waals surface area contributed by atoms with Gasteiger partial charge in [0.2, 0.25) is 0 Å². The third-order valence-electron chi connectivity index (χ3n) is 5.21. The first-order valence-electron chi connectivity index (χ1n) is 10.1. The van der Waals surface area contributed by atoms with Gasteiger partial charge in [0, 0.05) is 22.9 Å². The van der Waals surface area contributed by atoms with E-state index < -0.39 is 11.8 Å². The number of Topliss-reactive ketones (excluding diaryl/α,β-unsaturated/α-hetero) is 1. The van der Waals surface area contributed by atoms with E-state index >= 15 is 0 Å². The van der Waals surface area contributed by atoms with Gasteiger partial charge in [0.25, 0.3) is 0 Å². The minimum atomic E-state index is -0.621. The Hall–Kier alpha value is -4.06. The van der Waals surface area contributed by atoms with E-state index in [-0.39, 0.29) is 29.4 Å². The number of rotatable bonds is 6. The average Bonchev–Trinajstić information content (AvgIpc) is 3.14. The van der Waals surface area contributed by atoms with Crippen LogP contribution in [-0.2, 0) is 4.74 Å². The number of aromatic nitrogens is 1. The molecule has 2 aromatic heterocycles. The second-order valence-electron chi connectivity index (χ2n) is 7.25. The molecule has 0 bridgehead atoms. The third-order valence-corrected chi connectivity index (χ3v) is 5.21. The van der Waals surface area contributed by atoms with E-state index in [2.05, 4.69) is 0 Å². The second kappa shape index (κ2) is 8.59. The van der Waals surface area contributed by atoms with Crippen LogP contribution in [0.4, 0.5) is 4.39 Å². The molecule has 4 aromatic rings. The van der Waals surface area contributed by atoms with Crippen LogP contribution in [0.1, 0.15) is 50.6 Å². The molecule has 5 nitrogen and oxygen atoms in total. The van der Waals surface area contributed by atoms with E-state index in [9.17, 15) is 18.8 Å². The smallest absolute Gasteiger partial charge is 0.355 e. The van der Waals surface area contributed by atoms with E-state index in [1.165, 1.54) is 31.2 Å². The number of esters is 1. The zero-order chi connectivity index (χ0) is 22.8. The molecule has 0 aliphatic rings. The number of ether oxygens (including phenoxy) is 1. The summed E-state index contributed by atoms with van der Waals surface area (Å²) in [7, 11) is 0. The average molecular weight is 429 g/mol. The molecule has 32 heavy (non-hydrogen) atoms. The van der Waals surface area contributed by atoms with Gasteiger partial charge in [-0.2, -0.15) is 0 Å². The standard InChI is InChI=1S/C26H20FNO4/c1-3-32-26(31)24-22(17-9-11-20(27)12-10-17)23(25(30)18-7-5-4-6-8-18)21-15-19(16(2)29)13-14-28(21)24/h4-15H,3H2,1-2H3. The predicted octanol–water partition coefficient (Wildman–Crippen LogP) is 5.36. The summed E-state index contributed by atoms with van der Waals surface area (Å²) in [5.74, 6) is -1.55. The van der Waals surface area contributed by atoms with Gasteiger partial charge in [-0.15, -0.1) is 0 Å². The number of hydrogen-bond acceptors (Lipinski definition) is 4. The van der Waals surface area contributed by atoms with E-state index in [1.54, 1.807) is 60.0 Å². The van der Waals surface area contributed by atoms with Gasteiger partial charge in [0.05, 0.1) is 17.7 Å². The number of fused-ring (bicyclic) bond motifs is 1. The minimum Gasteiger partial charge on any atom is -0.461 e. The molecule has 160 valence electrons. The van der Waals surface area contributed by atoms with E-state index in [0.717, 1.165) is 0 Å². The predicted molar refractivity (Wildman–Crippen MR) is 119 cm³/mol. The van der Waals surface area contributed by atoms with Crippen LogP contribution in [0.5, 0.6) is 0 Å². The first-order valence-corrected chi connectivity index (χ1v) is 10.1. The third kappa shape index (κ3) is 3.71. The Morgan fingerprint density at radius 3 is 2.25 bits per heavy atom. The molecule has 2 aromatic carbocycles. The Morgan fingerprint density at radius 1 is 0.938 bits per heavy atom. The van der Waals surface area contributed by atoms with Crippen molar-refractivity contribution < 1.29 is 23.5 Å². The molecule has 0 spiro atoms. The first-order chi connectivity index (χ1) is 15.4. The van der Waals surface area contributed by atoms with Crippen molar-refractivity contribution in [2.45, 2.75) is 13.8 Å². The summed E-state index contributed by atoms with van der Waals surface area (Å²) in [6.45, 7) is 3.26. The monoisotopic (exact) mass is 429 g/mol. The molecule has 0 amide bonds. The lowest BCUT2D eigenvalue weighted by molar-refractivity contribution is 0.0519. The lowest BCUT2D eigenvalue weighted by atomic mass is 9.94. The molecule has 0 fully saturated rings. The van der Waals surface area contributed by atoms with Crippen molar-refractivity contribution in [1.82, 2.24) is 4.40 Å². The zero-order valence-electron chi connectivity index (χ0n) is 17.6. The lowest BCUT2D eigenvalue weighted by Gasteiger charge is -2.08. The molecule has 0 unspecified atom stereocenters. The van der Waals surface area contributed by atoms with Gasteiger partial charge in [0.1, 0.15) is 11.5 Å². The zero-order valence-corrected chi connectivity index (χ0v) is 17.6. The van der Waals surface area contributed by atoms with Gasteiger partial charge in [0.15, 0.2) is 11.6 Å². The van der Waals surface area contributed by atoms with E-state index in [1.807, 2.05) is 0 Å². The van der Waals surface area contributed by atoms with Gasteiger partial charge >= 0.3 is 5.97 Å². The number of nitrogens with zero attached hydrogens (tertiary/aromatic N) is 1. The molecule has 0 aliphatic carbocycles. The molecule has 0 saturated heterocycles. The summed E-state index contributed by atoms with van der Waals surface area (Å²) in [4.78, 5) is 38.7. The number of hydrogen-bond donors (Lipinski definition) is 0. The van der Waals surface area contributed by atoms with Crippen LogP contribution in [0.3, 0.4) is 0 Å². The second-order valence-corrected chi connectivity index (χ2v) is 7.25. The van der Waals surface area contributed by atoms with Crippen molar-refractivity contribution in [3.8, 4) is 11.1 Å². The van der Waals surface area contributed by atoms with Crippen LogP contribution in [0, 0.1) is 5.82 Å². The Labute approximate surface area is 184 Å². The fourth-order valence-electron chi connectivity index (χ4n) is 3.73. The summed E-state index contributed by atoms with van der Waals surface area (Å²) in [5.41, 5.74) is 2.43. The van der Waals surface area contributed by atoms with E-state index in [4.69, 9.17) is 4.74 Å². The molecule has 0 saturated carbocycles. The minimum absolute atomic E-state index is 0.141. The Balaban J connectivity index is 2.13. The van der Waals surface area contributed by atoms with Crippen LogP contribution in [0.2, 0.25) is 0 Å². The van der Waals surface area contributed by atoms with Crippen molar-refractivity contribution in [2.75, 3.05) is 6.61 Å². The lowest BCUT2D eigenvalue weighted by Crippen LogP contribution is -2.10. The number of benzene rings is 2. The maximum Gasteiger partial charge on any atom is 0.355 e. The van der Waals surface area contributed by atoms with Crippen LogP contribution in [-0.4, -0.2) is 28.5 Å². The molecule has 0 N–H and O–H groups in total. The van der Waals surface area contributed by atoms with Crippen LogP contribution in [0.15, 0.2) is 72.9 Å². The highest BCUT2D eigenvalue weighted by Gasteiger charge is 2.30. The van der Waals surface area contributed by atoms with Crippen LogP contribution < -0.4 is 0 Å². The van der Waals surface area contributed by atoms with Crippen molar-refractivity contribution in [2.24, 2.45) is 0 Å².